The van der Waals surface area contributed by atoms with Gasteiger partial charge in [0.25, 0.3) is 0 Å². The standard InChI is InChI=1S/C9H16N2O/c1-7(2)5-9(3,4)8-11-10-6-12-8/h6-7H,5H2,1-4H3. The average molecular weight is 168 g/mol. The second-order valence-electron chi connectivity index (χ2n) is 4.23. The largest absolute Gasteiger partial charge is 0.427 e. The molecule has 0 N–H and O–H groups in total. The Morgan fingerprint density at radius 1 is 1.50 bits per heavy atom. The van der Waals surface area contributed by atoms with Gasteiger partial charge in [0.2, 0.25) is 12.3 Å². The Morgan fingerprint density at radius 3 is 2.58 bits per heavy atom. The van der Waals surface area contributed by atoms with Crippen LogP contribution in [0.4, 0.5) is 0 Å². The molecule has 3 heteroatoms. The predicted octanol–water partition coefficient (Wildman–Crippen LogP) is 2.39. The van der Waals surface area contributed by atoms with E-state index >= 15 is 0 Å². The van der Waals surface area contributed by atoms with Crippen molar-refractivity contribution in [2.45, 2.75) is 39.5 Å². The van der Waals surface area contributed by atoms with Crippen molar-refractivity contribution in [3.63, 3.8) is 0 Å². The molecule has 0 fully saturated rings. The molecule has 0 amide bonds. The van der Waals surface area contributed by atoms with E-state index in [4.69, 9.17) is 4.42 Å². The first-order valence-electron chi connectivity index (χ1n) is 4.29. The van der Waals surface area contributed by atoms with Gasteiger partial charge in [0.15, 0.2) is 0 Å². The summed E-state index contributed by atoms with van der Waals surface area (Å²) in [7, 11) is 0. The van der Waals surface area contributed by atoms with Gasteiger partial charge >= 0.3 is 0 Å². The summed E-state index contributed by atoms with van der Waals surface area (Å²) in [6.07, 6.45) is 2.45. The highest BCUT2D eigenvalue weighted by Gasteiger charge is 2.26. The summed E-state index contributed by atoms with van der Waals surface area (Å²) in [5.74, 6) is 1.38. The molecule has 1 rings (SSSR count). The quantitative estimate of drug-likeness (QED) is 0.695. The topological polar surface area (TPSA) is 38.9 Å². The summed E-state index contributed by atoms with van der Waals surface area (Å²) >= 11 is 0. The molecule has 0 bridgehead atoms. The Hall–Kier alpha value is -0.860. The van der Waals surface area contributed by atoms with Crippen molar-refractivity contribution in [2.75, 3.05) is 0 Å². The molecule has 0 aliphatic heterocycles. The summed E-state index contributed by atoms with van der Waals surface area (Å²) in [5, 5.41) is 7.60. The van der Waals surface area contributed by atoms with Crippen molar-refractivity contribution in [1.82, 2.24) is 10.2 Å². The van der Waals surface area contributed by atoms with Crippen molar-refractivity contribution in [1.29, 1.82) is 0 Å². The fourth-order valence-corrected chi connectivity index (χ4v) is 1.58. The van der Waals surface area contributed by atoms with E-state index in [1.807, 2.05) is 0 Å². The van der Waals surface area contributed by atoms with Crippen LogP contribution in [0.2, 0.25) is 0 Å². The highest BCUT2D eigenvalue weighted by Crippen LogP contribution is 2.28. The van der Waals surface area contributed by atoms with E-state index in [0.717, 1.165) is 12.3 Å². The fraction of sp³-hybridized carbons (Fsp3) is 0.778. The van der Waals surface area contributed by atoms with Crippen LogP contribution in [0.25, 0.3) is 0 Å². The van der Waals surface area contributed by atoms with E-state index in [1.165, 1.54) is 6.39 Å². The van der Waals surface area contributed by atoms with Crippen LogP contribution in [-0.2, 0) is 5.41 Å². The Morgan fingerprint density at radius 2 is 2.17 bits per heavy atom. The molecule has 1 aromatic rings. The third-order valence-corrected chi connectivity index (χ3v) is 1.86. The first kappa shape index (κ1) is 9.23. The third-order valence-electron chi connectivity index (χ3n) is 1.86. The first-order valence-corrected chi connectivity index (χ1v) is 4.29. The monoisotopic (exact) mass is 168 g/mol. The van der Waals surface area contributed by atoms with Gasteiger partial charge in [0, 0.05) is 5.41 Å². The number of nitrogens with zero attached hydrogens (tertiary/aromatic N) is 2. The predicted molar refractivity (Wildman–Crippen MR) is 46.8 cm³/mol. The molecule has 0 unspecified atom stereocenters. The Labute approximate surface area is 73.2 Å². The summed E-state index contributed by atoms with van der Waals surface area (Å²) in [5.41, 5.74) is 0.00463. The molecule has 12 heavy (non-hydrogen) atoms. The Bertz CT molecular complexity index is 227. The van der Waals surface area contributed by atoms with Crippen LogP contribution in [0.1, 0.15) is 40.0 Å². The lowest BCUT2D eigenvalue weighted by molar-refractivity contribution is 0.314. The maximum atomic E-state index is 5.18. The highest BCUT2D eigenvalue weighted by molar-refractivity contribution is 4.97. The van der Waals surface area contributed by atoms with Crippen LogP contribution in [0, 0.1) is 5.92 Å². The van der Waals surface area contributed by atoms with Crippen LogP contribution in [-0.4, -0.2) is 10.2 Å². The van der Waals surface area contributed by atoms with Crippen molar-refractivity contribution in [2.24, 2.45) is 5.92 Å². The van der Waals surface area contributed by atoms with Gasteiger partial charge in [-0.3, -0.25) is 0 Å². The van der Waals surface area contributed by atoms with E-state index in [2.05, 4.69) is 37.9 Å². The first-order chi connectivity index (χ1) is 5.52. The molecule has 1 aromatic heterocycles. The Balaban J connectivity index is 2.72. The van der Waals surface area contributed by atoms with E-state index < -0.39 is 0 Å². The van der Waals surface area contributed by atoms with Crippen molar-refractivity contribution < 1.29 is 4.42 Å². The van der Waals surface area contributed by atoms with Gasteiger partial charge < -0.3 is 4.42 Å². The lowest BCUT2D eigenvalue weighted by Crippen LogP contribution is -2.20. The zero-order chi connectivity index (χ0) is 9.19. The maximum Gasteiger partial charge on any atom is 0.221 e. The molecular weight excluding hydrogens is 152 g/mol. The van der Waals surface area contributed by atoms with Crippen LogP contribution in [0.3, 0.4) is 0 Å². The fourth-order valence-electron chi connectivity index (χ4n) is 1.58. The smallest absolute Gasteiger partial charge is 0.221 e. The molecule has 0 radical (unpaired) electrons. The van der Waals surface area contributed by atoms with Crippen LogP contribution in [0.5, 0.6) is 0 Å². The molecule has 0 aliphatic carbocycles. The van der Waals surface area contributed by atoms with Gasteiger partial charge in [-0.05, 0) is 12.3 Å². The van der Waals surface area contributed by atoms with Gasteiger partial charge in [0.1, 0.15) is 0 Å². The Kier molecular flexibility index (Phi) is 2.50. The molecule has 0 spiro atoms. The summed E-state index contributed by atoms with van der Waals surface area (Å²) < 4.78 is 5.18. The van der Waals surface area contributed by atoms with Crippen molar-refractivity contribution in [3.05, 3.63) is 12.3 Å². The summed E-state index contributed by atoms with van der Waals surface area (Å²) in [6, 6.07) is 0. The molecule has 1 heterocycles. The minimum Gasteiger partial charge on any atom is -0.427 e. The molecule has 0 saturated heterocycles. The molecule has 0 aromatic carbocycles. The maximum absolute atomic E-state index is 5.18. The lowest BCUT2D eigenvalue weighted by atomic mass is 9.84. The molecule has 0 saturated carbocycles. The number of hydrogen-bond acceptors (Lipinski definition) is 3. The van der Waals surface area contributed by atoms with Gasteiger partial charge in [-0.1, -0.05) is 27.7 Å². The van der Waals surface area contributed by atoms with Crippen LogP contribution < -0.4 is 0 Å². The van der Waals surface area contributed by atoms with E-state index in [1.54, 1.807) is 0 Å². The molecular formula is C9H16N2O. The highest BCUT2D eigenvalue weighted by atomic mass is 16.4. The van der Waals surface area contributed by atoms with E-state index in [-0.39, 0.29) is 5.41 Å². The molecule has 3 nitrogen and oxygen atoms in total. The van der Waals surface area contributed by atoms with E-state index in [9.17, 15) is 0 Å². The summed E-state index contributed by atoms with van der Waals surface area (Å²) in [4.78, 5) is 0. The van der Waals surface area contributed by atoms with Gasteiger partial charge in [-0.15, -0.1) is 10.2 Å². The summed E-state index contributed by atoms with van der Waals surface area (Å²) in [6.45, 7) is 8.64. The second-order valence-corrected chi connectivity index (χ2v) is 4.23. The van der Waals surface area contributed by atoms with Crippen molar-refractivity contribution >= 4 is 0 Å². The SMILES string of the molecule is CC(C)CC(C)(C)c1nnco1. The lowest BCUT2D eigenvalue weighted by Gasteiger charge is -2.21. The molecule has 0 atom stereocenters. The zero-order valence-corrected chi connectivity index (χ0v) is 8.16. The second kappa shape index (κ2) is 3.25. The van der Waals surface area contributed by atoms with Crippen LogP contribution >= 0.6 is 0 Å². The number of aromatic nitrogens is 2. The minimum absolute atomic E-state index is 0.00463. The van der Waals surface area contributed by atoms with Gasteiger partial charge in [-0.2, -0.15) is 0 Å². The average Bonchev–Trinajstić information content (AvgIpc) is 2.32. The normalized spacial score (nSPS) is 12.4. The van der Waals surface area contributed by atoms with Gasteiger partial charge in [0.05, 0.1) is 0 Å². The minimum atomic E-state index is 0.00463. The van der Waals surface area contributed by atoms with Crippen LogP contribution in [0.15, 0.2) is 10.8 Å². The third kappa shape index (κ3) is 2.06. The number of hydrogen-bond donors (Lipinski definition) is 0. The van der Waals surface area contributed by atoms with E-state index in [0.29, 0.717) is 5.92 Å². The van der Waals surface area contributed by atoms with Gasteiger partial charge in [-0.25, -0.2) is 0 Å². The number of rotatable bonds is 3. The molecule has 68 valence electrons. The molecule has 0 aliphatic rings. The van der Waals surface area contributed by atoms with Crippen molar-refractivity contribution in [3.8, 4) is 0 Å². The zero-order valence-electron chi connectivity index (χ0n) is 8.16.